The van der Waals surface area contributed by atoms with Crippen molar-refractivity contribution in [2.75, 3.05) is 19.7 Å². The van der Waals surface area contributed by atoms with Crippen molar-refractivity contribution in [2.45, 2.75) is 25.4 Å². The Hall–Kier alpha value is -1.33. The van der Waals surface area contributed by atoms with Gasteiger partial charge in [-0.05, 0) is 25.0 Å². The Labute approximate surface area is 119 Å². The van der Waals surface area contributed by atoms with E-state index in [1.54, 1.807) is 0 Å². The standard InChI is InChI=1S/C15H23N3O2/c1-17-6-2-3-13(17)8-18-7-12(10-19)14(9-18)16-15(20)11-4-5-11/h2-3,6,11-12,14,19H,4-5,7-10H2,1H3,(H,16,20)/t12-,14+/m0/s1. The van der Waals surface area contributed by atoms with Crippen molar-refractivity contribution < 1.29 is 9.90 Å². The van der Waals surface area contributed by atoms with Gasteiger partial charge in [-0.25, -0.2) is 0 Å². The quantitative estimate of drug-likeness (QED) is 0.816. The normalized spacial score (nSPS) is 26.9. The van der Waals surface area contributed by atoms with Crippen LogP contribution >= 0.6 is 0 Å². The van der Waals surface area contributed by atoms with Gasteiger partial charge in [0.05, 0.1) is 0 Å². The maximum Gasteiger partial charge on any atom is 0.223 e. The molecule has 2 atom stereocenters. The summed E-state index contributed by atoms with van der Waals surface area (Å²) in [5, 5.41) is 12.6. The predicted molar refractivity (Wildman–Crippen MR) is 75.9 cm³/mol. The third kappa shape index (κ3) is 2.88. The molecule has 0 aromatic carbocycles. The Morgan fingerprint density at radius 3 is 2.85 bits per heavy atom. The van der Waals surface area contributed by atoms with E-state index in [0.29, 0.717) is 0 Å². The van der Waals surface area contributed by atoms with E-state index in [-0.39, 0.29) is 30.4 Å². The van der Waals surface area contributed by atoms with Gasteiger partial charge in [-0.2, -0.15) is 0 Å². The molecule has 1 amide bonds. The molecule has 3 rings (SSSR count). The van der Waals surface area contributed by atoms with Crippen LogP contribution in [0.3, 0.4) is 0 Å². The molecular formula is C15H23N3O2. The van der Waals surface area contributed by atoms with Crippen LogP contribution < -0.4 is 5.32 Å². The first-order valence-corrected chi connectivity index (χ1v) is 7.41. The number of aliphatic hydroxyl groups is 1. The van der Waals surface area contributed by atoms with Gasteiger partial charge in [-0.15, -0.1) is 0 Å². The molecule has 2 N–H and O–H groups in total. The van der Waals surface area contributed by atoms with Gasteiger partial charge in [0.25, 0.3) is 0 Å². The molecule has 2 aliphatic rings. The lowest BCUT2D eigenvalue weighted by atomic mass is 10.1. The summed E-state index contributed by atoms with van der Waals surface area (Å²) in [6, 6.07) is 4.25. The Bertz CT molecular complexity index is 481. The lowest BCUT2D eigenvalue weighted by Gasteiger charge is -2.18. The van der Waals surface area contributed by atoms with Crippen molar-refractivity contribution in [2.24, 2.45) is 18.9 Å². The van der Waals surface area contributed by atoms with Crippen molar-refractivity contribution in [3.8, 4) is 0 Å². The Balaban J connectivity index is 1.58. The summed E-state index contributed by atoms with van der Waals surface area (Å²) in [6.07, 6.45) is 4.09. The van der Waals surface area contributed by atoms with Crippen molar-refractivity contribution in [1.29, 1.82) is 0 Å². The molecule has 1 aromatic rings. The van der Waals surface area contributed by atoms with E-state index in [1.165, 1.54) is 5.69 Å². The first-order chi connectivity index (χ1) is 9.67. The first kappa shape index (κ1) is 13.6. The Kier molecular flexibility index (Phi) is 3.81. The maximum absolute atomic E-state index is 11.9. The molecule has 0 spiro atoms. The van der Waals surface area contributed by atoms with E-state index < -0.39 is 0 Å². The summed E-state index contributed by atoms with van der Waals surface area (Å²) in [4.78, 5) is 14.2. The van der Waals surface area contributed by atoms with E-state index in [2.05, 4.69) is 20.9 Å². The summed E-state index contributed by atoms with van der Waals surface area (Å²) in [6.45, 7) is 2.68. The van der Waals surface area contributed by atoms with Crippen molar-refractivity contribution in [3.05, 3.63) is 24.0 Å². The number of carbonyl (C=O) groups excluding carboxylic acids is 1. The second-order valence-electron chi connectivity index (χ2n) is 6.14. The number of amides is 1. The van der Waals surface area contributed by atoms with Crippen molar-refractivity contribution >= 4 is 5.91 Å². The molecule has 2 fully saturated rings. The van der Waals surface area contributed by atoms with Gasteiger partial charge in [0.15, 0.2) is 0 Å². The van der Waals surface area contributed by atoms with Crippen molar-refractivity contribution in [3.63, 3.8) is 0 Å². The molecule has 1 saturated heterocycles. The SMILES string of the molecule is Cn1cccc1CN1C[C@@H](CO)[C@H](NC(=O)C2CC2)C1. The number of aliphatic hydroxyl groups excluding tert-OH is 1. The number of nitrogens with one attached hydrogen (secondary N) is 1. The fourth-order valence-corrected chi connectivity index (χ4v) is 2.97. The molecular weight excluding hydrogens is 254 g/mol. The van der Waals surface area contributed by atoms with Crippen LogP contribution in [0.25, 0.3) is 0 Å². The molecule has 0 bridgehead atoms. The van der Waals surface area contributed by atoms with Gasteiger partial charge in [0.1, 0.15) is 0 Å². The van der Waals surface area contributed by atoms with Gasteiger partial charge in [-0.3, -0.25) is 9.69 Å². The second-order valence-corrected chi connectivity index (χ2v) is 6.14. The molecule has 1 saturated carbocycles. The highest BCUT2D eigenvalue weighted by atomic mass is 16.3. The molecule has 1 aromatic heterocycles. The number of nitrogens with zero attached hydrogens (tertiary/aromatic N) is 2. The molecule has 2 heterocycles. The summed E-state index contributed by atoms with van der Waals surface area (Å²) in [7, 11) is 2.04. The monoisotopic (exact) mass is 277 g/mol. The fourth-order valence-electron chi connectivity index (χ4n) is 2.97. The lowest BCUT2D eigenvalue weighted by Crippen LogP contribution is -2.42. The predicted octanol–water partition coefficient (Wildman–Crippen LogP) is 0.344. The first-order valence-electron chi connectivity index (χ1n) is 7.41. The van der Waals surface area contributed by atoms with E-state index >= 15 is 0 Å². The van der Waals surface area contributed by atoms with Crippen LogP contribution in [-0.2, 0) is 18.4 Å². The summed E-state index contributed by atoms with van der Waals surface area (Å²) >= 11 is 0. The average Bonchev–Trinajstić information content (AvgIpc) is 3.11. The molecule has 0 radical (unpaired) electrons. The van der Waals surface area contributed by atoms with Crippen LogP contribution in [0.2, 0.25) is 0 Å². The highest BCUT2D eigenvalue weighted by Gasteiger charge is 2.37. The smallest absolute Gasteiger partial charge is 0.223 e. The molecule has 1 aliphatic heterocycles. The Morgan fingerprint density at radius 1 is 1.45 bits per heavy atom. The fraction of sp³-hybridized carbons (Fsp3) is 0.667. The van der Waals surface area contributed by atoms with E-state index in [9.17, 15) is 9.90 Å². The Morgan fingerprint density at radius 2 is 2.25 bits per heavy atom. The van der Waals surface area contributed by atoms with Gasteiger partial charge >= 0.3 is 0 Å². The van der Waals surface area contributed by atoms with E-state index in [1.807, 2.05) is 19.3 Å². The molecule has 0 unspecified atom stereocenters. The summed E-state index contributed by atoms with van der Waals surface area (Å²) < 4.78 is 2.12. The average molecular weight is 277 g/mol. The number of aromatic nitrogens is 1. The van der Waals surface area contributed by atoms with E-state index in [4.69, 9.17) is 0 Å². The van der Waals surface area contributed by atoms with Crippen LogP contribution in [-0.4, -0.2) is 46.2 Å². The minimum absolute atomic E-state index is 0.0911. The molecule has 5 heteroatoms. The molecule has 20 heavy (non-hydrogen) atoms. The highest BCUT2D eigenvalue weighted by Crippen LogP contribution is 2.29. The largest absolute Gasteiger partial charge is 0.396 e. The summed E-state index contributed by atoms with van der Waals surface area (Å²) in [5.41, 5.74) is 1.26. The second kappa shape index (κ2) is 5.58. The topological polar surface area (TPSA) is 57.5 Å². The zero-order valence-corrected chi connectivity index (χ0v) is 12.0. The number of hydrogen-bond donors (Lipinski definition) is 2. The molecule has 1 aliphatic carbocycles. The third-order valence-corrected chi connectivity index (χ3v) is 4.46. The minimum atomic E-state index is 0.0911. The number of hydrogen-bond acceptors (Lipinski definition) is 3. The minimum Gasteiger partial charge on any atom is -0.396 e. The van der Waals surface area contributed by atoms with Gasteiger partial charge in [0.2, 0.25) is 5.91 Å². The number of carbonyl (C=O) groups is 1. The van der Waals surface area contributed by atoms with Crippen LogP contribution in [0, 0.1) is 11.8 Å². The molecule has 5 nitrogen and oxygen atoms in total. The number of rotatable bonds is 5. The van der Waals surface area contributed by atoms with Crippen LogP contribution in [0.1, 0.15) is 18.5 Å². The summed E-state index contributed by atoms with van der Waals surface area (Å²) in [5.74, 6) is 0.559. The van der Waals surface area contributed by atoms with Crippen LogP contribution in [0.15, 0.2) is 18.3 Å². The maximum atomic E-state index is 11.9. The number of aryl methyl sites for hydroxylation is 1. The van der Waals surface area contributed by atoms with Crippen LogP contribution in [0.5, 0.6) is 0 Å². The molecule has 110 valence electrons. The van der Waals surface area contributed by atoms with Crippen molar-refractivity contribution in [1.82, 2.24) is 14.8 Å². The zero-order chi connectivity index (χ0) is 14.1. The lowest BCUT2D eigenvalue weighted by molar-refractivity contribution is -0.123. The van der Waals surface area contributed by atoms with Crippen LogP contribution in [0.4, 0.5) is 0 Å². The highest BCUT2D eigenvalue weighted by molar-refractivity contribution is 5.81. The van der Waals surface area contributed by atoms with Gasteiger partial charge in [-0.1, -0.05) is 0 Å². The third-order valence-electron chi connectivity index (χ3n) is 4.46. The van der Waals surface area contributed by atoms with Gasteiger partial charge in [0, 0.05) is 63.1 Å². The van der Waals surface area contributed by atoms with Gasteiger partial charge < -0.3 is 15.0 Å². The number of likely N-dealkylation sites (tertiary alicyclic amines) is 1. The zero-order valence-electron chi connectivity index (χ0n) is 12.0. The van der Waals surface area contributed by atoms with E-state index in [0.717, 1.165) is 32.5 Å².